The van der Waals surface area contributed by atoms with Crippen LogP contribution in [0.15, 0.2) is 29.0 Å². The number of nitrogens with two attached hydrogens (primary N) is 1. The van der Waals surface area contributed by atoms with Crippen molar-refractivity contribution in [1.82, 2.24) is 9.97 Å². The van der Waals surface area contributed by atoms with Crippen molar-refractivity contribution in [3.8, 4) is 0 Å². The predicted molar refractivity (Wildman–Crippen MR) is 75.5 cm³/mol. The van der Waals surface area contributed by atoms with Gasteiger partial charge in [0.05, 0.1) is 20.1 Å². The van der Waals surface area contributed by atoms with Crippen molar-refractivity contribution in [2.24, 2.45) is 0 Å². The standard InChI is InChI=1S/C10H7BrClN5O2/c11-7-5(12)2-1-3-6(7)16-10-8(17(18)19)9(13)14-4-15-10/h1-4H,(H3,13,14,15,16). The van der Waals surface area contributed by atoms with Gasteiger partial charge in [0.2, 0.25) is 11.6 Å². The molecule has 0 spiro atoms. The van der Waals surface area contributed by atoms with E-state index in [1.165, 1.54) is 0 Å². The quantitative estimate of drug-likeness (QED) is 0.654. The first-order valence-corrected chi connectivity index (χ1v) is 6.13. The van der Waals surface area contributed by atoms with E-state index in [2.05, 4.69) is 31.2 Å². The Bertz CT molecular complexity index is 652. The highest BCUT2D eigenvalue weighted by atomic mass is 79.9. The van der Waals surface area contributed by atoms with Crippen molar-refractivity contribution >= 4 is 50.5 Å². The van der Waals surface area contributed by atoms with Crippen LogP contribution in [0.4, 0.5) is 23.0 Å². The Labute approximate surface area is 121 Å². The van der Waals surface area contributed by atoms with Crippen LogP contribution in [0.5, 0.6) is 0 Å². The van der Waals surface area contributed by atoms with Gasteiger partial charge in [-0.3, -0.25) is 10.1 Å². The lowest BCUT2D eigenvalue weighted by Gasteiger charge is -2.09. The second-order valence-corrected chi connectivity index (χ2v) is 4.64. The molecule has 1 heterocycles. The van der Waals surface area contributed by atoms with Crippen LogP contribution < -0.4 is 11.1 Å². The maximum absolute atomic E-state index is 11.0. The van der Waals surface area contributed by atoms with Gasteiger partial charge in [-0.25, -0.2) is 9.97 Å². The average molecular weight is 345 g/mol. The Morgan fingerprint density at radius 1 is 1.42 bits per heavy atom. The first kappa shape index (κ1) is 13.5. The first-order chi connectivity index (χ1) is 9.00. The van der Waals surface area contributed by atoms with Gasteiger partial charge in [-0.1, -0.05) is 17.7 Å². The molecular formula is C10H7BrClN5O2. The second-order valence-electron chi connectivity index (χ2n) is 3.44. The molecule has 0 aliphatic carbocycles. The third kappa shape index (κ3) is 2.74. The van der Waals surface area contributed by atoms with Gasteiger partial charge >= 0.3 is 5.69 Å². The van der Waals surface area contributed by atoms with Gasteiger partial charge in [0.15, 0.2) is 0 Å². The number of nitrogens with zero attached hydrogens (tertiary/aromatic N) is 3. The van der Waals surface area contributed by atoms with Gasteiger partial charge in [0, 0.05) is 0 Å². The van der Waals surface area contributed by atoms with Crippen molar-refractivity contribution in [3.05, 3.63) is 44.1 Å². The molecule has 98 valence electrons. The Kier molecular flexibility index (Phi) is 3.82. The minimum absolute atomic E-state index is 0.000432. The van der Waals surface area contributed by atoms with E-state index < -0.39 is 4.92 Å². The Morgan fingerprint density at radius 3 is 2.84 bits per heavy atom. The second kappa shape index (κ2) is 5.37. The third-order valence-electron chi connectivity index (χ3n) is 2.24. The number of hydrogen-bond donors (Lipinski definition) is 2. The molecule has 0 bridgehead atoms. The molecule has 2 rings (SSSR count). The number of nitro groups is 1. The molecule has 2 aromatic rings. The van der Waals surface area contributed by atoms with E-state index in [-0.39, 0.29) is 17.3 Å². The van der Waals surface area contributed by atoms with Crippen LogP contribution in [0, 0.1) is 10.1 Å². The zero-order valence-corrected chi connectivity index (χ0v) is 11.6. The Balaban J connectivity index is 2.47. The van der Waals surface area contributed by atoms with E-state index in [1.807, 2.05) is 0 Å². The molecule has 3 N–H and O–H groups in total. The minimum Gasteiger partial charge on any atom is -0.378 e. The van der Waals surface area contributed by atoms with E-state index in [4.69, 9.17) is 17.3 Å². The fraction of sp³-hybridized carbons (Fsp3) is 0. The van der Waals surface area contributed by atoms with E-state index >= 15 is 0 Å². The highest BCUT2D eigenvalue weighted by Crippen LogP contribution is 2.35. The molecule has 1 aromatic carbocycles. The van der Waals surface area contributed by atoms with Crippen molar-refractivity contribution in [1.29, 1.82) is 0 Å². The van der Waals surface area contributed by atoms with E-state index in [1.54, 1.807) is 18.2 Å². The van der Waals surface area contributed by atoms with Gasteiger partial charge in [-0.05, 0) is 28.1 Å². The van der Waals surface area contributed by atoms with Gasteiger partial charge in [-0.2, -0.15) is 0 Å². The molecule has 0 atom stereocenters. The van der Waals surface area contributed by atoms with Crippen LogP contribution in [0.1, 0.15) is 0 Å². The number of anilines is 3. The highest BCUT2D eigenvalue weighted by molar-refractivity contribution is 9.10. The molecule has 0 saturated heterocycles. The van der Waals surface area contributed by atoms with Gasteiger partial charge in [-0.15, -0.1) is 0 Å². The molecule has 7 nitrogen and oxygen atoms in total. The number of benzene rings is 1. The van der Waals surface area contributed by atoms with Crippen molar-refractivity contribution in [3.63, 3.8) is 0 Å². The number of nitrogens with one attached hydrogen (secondary N) is 1. The predicted octanol–water partition coefficient (Wildman–Crippen LogP) is 3.13. The summed E-state index contributed by atoms with van der Waals surface area (Å²) in [5, 5.41) is 14.2. The van der Waals surface area contributed by atoms with Crippen LogP contribution in [0.25, 0.3) is 0 Å². The number of hydrogen-bond acceptors (Lipinski definition) is 6. The smallest absolute Gasteiger partial charge is 0.353 e. The molecule has 0 aliphatic rings. The van der Waals surface area contributed by atoms with Crippen LogP contribution in [-0.2, 0) is 0 Å². The minimum atomic E-state index is -0.643. The molecule has 0 radical (unpaired) electrons. The summed E-state index contributed by atoms with van der Waals surface area (Å²) in [6.45, 7) is 0. The summed E-state index contributed by atoms with van der Waals surface area (Å²) in [5.41, 5.74) is 5.63. The number of nitrogen functional groups attached to an aromatic ring is 1. The summed E-state index contributed by atoms with van der Waals surface area (Å²) in [7, 11) is 0. The third-order valence-corrected chi connectivity index (χ3v) is 3.64. The molecule has 19 heavy (non-hydrogen) atoms. The van der Waals surface area contributed by atoms with Gasteiger partial charge < -0.3 is 11.1 Å². The summed E-state index contributed by atoms with van der Waals surface area (Å²) < 4.78 is 0.572. The number of aromatic nitrogens is 2. The van der Waals surface area contributed by atoms with Crippen molar-refractivity contribution in [2.45, 2.75) is 0 Å². The zero-order valence-electron chi connectivity index (χ0n) is 9.30. The van der Waals surface area contributed by atoms with Gasteiger partial charge in [0.1, 0.15) is 6.33 Å². The maximum atomic E-state index is 11.0. The van der Waals surface area contributed by atoms with E-state index in [0.717, 1.165) is 6.33 Å². The highest BCUT2D eigenvalue weighted by Gasteiger charge is 2.21. The number of halogens is 2. The lowest BCUT2D eigenvalue weighted by molar-refractivity contribution is -0.383. The van der Waals surface area contributed by atoms with Crippen LogP contribution in [0.2, 0.25) is 5.02 Å². The first-order valence-electron chi connectivity index (χ1n) is 4.96. The average Bonchev–Trinajstić information content (AvgIpc) is 2.34. The summed E-state index contributed by atoms with van der Waals surface area (Å²) in [6.07, 6.45) is 1.14. The number of rotatable bonds is 3. The molecule has 1 aromatic heterocycles. The summed E-state index contributed by atoms with van der Waals surface area (Å²) in [6, 6.07) is 5.07. The zero-order chi connectivity index (χ0) is 14.0. The van der Waals surface area contributed by atoms with Crippen LogP contribution >= 0.6 is 27.5 Å². The van der Waals surface area contributed by atoms with Crippen molar-refractivity contribution in [2.75, 3.05) is 11.1 Å². The largest absolute Gasteiger partial charge is 0.378 e. The maximum Gasteiger partial charge on any atom is 0.353 e. The lowest BCUT2D eigenvalue weighted by atomic mass is 10.3. The molecule has 0 amide bonds. The van der Waals surface area contributed by atoms with Crippen LogP contribution in [-0.4, -0.2) is 14.9 Å². The Morgan fingerprint density at radius 2 is 2.16 bits per heavy atom. The molecular weight excluding hydrogens is 338 g/mol. The van der Waals surface area contributed by atoms with Crippen molar-refractivity contribution < 1.29 is 4.92 Å². The topological polar surface area (TPSA) is 107 Å². The summed E-state index contributed by atoms with van der Waals surface area (Å²) >= 11 is 9.21. The van der Waals surface area contributed by atoms with Crippen LogP contribution in [0.3, 0.4) is 0 Å². The fourth-order valence-electron chi connectivity index (χ4n) is 1.39. The Hall–Kier alpha value is -1.93. The molecule has 0 aliphatic heterocycles. The molecule has 0 fully saturated rings. The van der Waals surface area contributed by atoms with Gasteiger partial charge in [0.25, 0.3) is 0 Å². The molecule has 0 saturated carbocycles. The van der Waals surface area contributed by atoms with E-state index in [9.17, 15) is 10.1 Å². The normalized spacial score (nSPS) is 10.2. The SMILES string of the molecule is Nc1ncnc(Nc2cccc(Cl)c2Br)c1[N+](=O)[O-]. The summed E-state index contributed by atoms with van der Waals surface area (Å²) in [4.78, 5) is 17.7. The van der Waals surface area contributed by atoms with E-state index in [0.29, 0.717) is 15.2 Å². The lowest BCUT2D eigenvalue weighted by Crippen LogP contribution is -2.05. The monoisotopic (exact) mass is 343 g/mol. The molecule has 0 unspecified atom stereocenters. The molecule has 9 heteroatoms. The summed E-state index contributed by atoms with van der Waals surface area (Å²) in [5.74, 6) is -0.207. The fourth-order valence-corrected chi connectivity index (χ4v) is 1.93.